The van der Waals surface area contributed by atoms with Gasteiger partial charge in [0.15, 0.2) is 0 Å². The van der Waals surface area contributed by atoms with Gasteiger partial charge in [-0.05, 0) is 66.4 Å². The summed E-state index contributed by atoms with van der Waals surface area (Å²) in [6, 6.07) is 28.7. The monoisotopic (exact) mass is 498 g/mol. The van der Waals surface area contributed by atoms with E-state index in [1.54, 1.807) is 6.92 Å². The van der Waals surface area contributed by atoms with E-state index in [4.69, 9.17) is 14.9 Å². The van der Waals surface area contributed by atoms with Crippen LogP contribution < -0.4 is 10.0 Å². The molecule has 3 aromatic rings. The second-order valence-corrected chi connectivity index (χ2v) is 10.3. The van der Waals surface area contributed by atoms with E-state index >= 15 is 0 Å². The highest BCUT2D eigenvalue weighted by atomic mass is 32.2. The van der Waals surface area contributed by atoms with Crippen molar-refractivity contribution in [1.82, 2.24) is 0 Å². The number of esters is 1. The average molecular weight is 499 g/mol. The zero-order valence-electron chi connectivity index (χ0n) is 20.8. The molecule has 0 unspecified atom stereocenters. The highest BCUT2D eigenvalue weighted by Gasteiger charge is 2.53. The largest absolute Gasteiger partial charge is 0.461 e. The maximum atomic E-state index is 12.8. The topological polar surface area (TPSA) is 57.5 Å². The van der Waals surface area contributed by atoms with E-state index in [1.807, 2.05) is 70.7 Å². The fourth-order valence-electron chi connectivity index (χ4n) is 4.51. The molecule has 0 amide bonds. The molecule has 184 valence electrons. The van der Waals surface area contributed by atoms with Gasteiger partial charge in [-0.2, -0.15) is 10.2 Å². The van der Waals surface area contributed by atoms with Crippen LogP contribution in [0.25, 0.3) is 0 Å². The zero-order chi connectivity index (χ0) is 25.1. The Bertz CT molecular complexity index is 1280. The number of anilines is 2. The molecule has 0 saturated heterocycles. The van der Waals surface area contributed by atoms with Gasteiger partial charge in [0.25, 0.3) is 0 Å². The lowest BCUT2D eigenvalue weighted by atomic mass is 9.97. The lowest BCUT2D eigenvalue weighted by Gasteiger charge is -2.46. The van der Waals surface area contributed by atoms with Crippen LogP contribution in [0.4, 0.5) is 11.4 Å². The molecule has 2 aliphatic heterocycles. The quantitative estimate of drug-likeness (QED) is 0.359. The molecule has 0 aromatic heterocycles. The van der Waals surface area contributed by atoms with E-state index in [2.05, 4.69) is 38.1 Å². The molecule has 36 heavy (non-hydrogen) atoms. The SMILES string of the molecule is CCOC(=O)C1=NN(c2ccccc2)[C@]2(CCC(c3ccc(C(C)C)cc3)=NN2c2ccccc2)S1. The second kappa shape index (κ2) is 10.2. The summed E-state index contributed by atoms with van der Waals surface area (Å²) in [5.74, 6) is 0.0663. The van der Waals surface area contributed by atoms with Crippen molar-refractivity contribution in [3.05, 3.63) is 96.1 Å². The molecule has 5 rings (SSSR count). The molecule has 6 nitrogen and oxygen atoms in total. The summed E-state index contributed by atoms with van der Waals surface area (Å²) >= 11 is 1.41. The van der Waals surface area contributed by atoms with E-state index in [0.717, 1.165) is 29.1 Å². The Kier molecular flexibility index (Phi) is 6.83. The summed E-state index contributed by atoms with van der Waals surface area (Å²) in [4.78, 5) is 12.1. The van der Waals surface area contributed by atoms with Crippen molar-refractivity contribution in [3.63, 3.8) is 0 Å². The van der Waals surface area contributed by atoms with Crippen LogP contribution in [-0.2, 0) is 9.53 Å². The highest BCUT2D eigenvalue weighted by molar-refractivity contribution is 8.17. The normalized spacial score (nSPS) is 19.4. The Morgan fingerprint density at radius 2 is 1.50 bits per heavy atom. The lowest BCUT2D eigenvalue weighted by molar-refractivity contribution is -0.134. The van der Waals surface area contributed by atoms with Crippen molar-refractivity contribution in [2.24, 2.45) is 10.2 Å². The van der Waals surface area contributed by atoms with Gasteiger partial charge < -0.3 is 4.74 Å². The van der Waals surface area contributed by atoms with Crippen molar-refractivity contribution in [1.29, 1.82) is 0 Å². The Labute approximate surface area is 216 Å². The van der Waals surface area contributed by atoms with Crippen LogP contribution in [0.2, 0.25) is 0 Å². The van der Waals surface area contributed by atoms with Gasteiger partial charge in [-0.15, -0.1) is 0 Å². The third-order valence-electron chi connectivity index (χ3n) is 6.38. The van der Waals surface area contributed by atoms with Gasteiger partial charge >= 0.3 is 5.97 Å². The zero-order valence-corrected chi connectivity index (χ0v) is 21.6. The Morgan fingerprint density at radius 1 is 0.917 bits per heavy atom. The van der Waals surface area contributed by atoms with Gasteiger partial charge in [0, 0.05) is 6.42 Å². The predicted molar refractivity (Wildman–Crippen MR) is 149 cm³/mol. The van der Waals surface area contributed by atoms with Crippen molar-refractivity contribution >= 4 is 39.9 Å². The number of para-hydroxylation sites is 2. The highest BCUT2D eigenvalue weighted by Crippen LogP contribution is 2.50. The van der Waals surface area contributed by atoms with Gasteiger partial charge in [0.1, 0.15) is 0 Å². The number of carbonyl (C=O) groups is 1. The minimum atomic E-state index is -0.744. The first-order chi connectivity index (χ1) is 17.5. The summed E-state index contributed by atoms with van der Waals surface area (Å²) in [6.45, 7) is 6.50. The summed E-state index contributed by atoms with van der Waals surface area (Å²) in [7, 11) is 0. The molecule has 0 radical (unpaired) electrons. The van der Waals surface area contributed by atoms with E-state index in [0.29, 0.717) is 24.0 Å². The number of hydrogen-bond donors (Lipinski definition) is 0. The number of hydrogen-bond acceptors (Lipinski definition) is 7. The maximum absolute atomic E-state index is 12.8. The van der Waals surface area contributed by atoms with Gasteiger partial charge in [-0.1, -0.05) is 74.5 Å². The predicted octanol–water partition coefficient (Wildman–Crippen LogP) is 6.60. The van der Waals surface area contributed by atoms with Crippen molar-refractivity contribution in [3.8, 4) is 0 Å². The summed E-state index contributed by atoms with van der Waals surface area (Å²) in [6.07, 6.45) is 1.45. The van der Waals surface area contributed by atoms with Crippen molar-refractivity contribution < 1.29 is 9.53 Å². The molecule has 7 heteroatoms. The lowest BCUT2D eigenvalue weighted by Crippen LogP contribution is -2.56. The van der Waals surface area contributed by atoms with Crippen LogP contribution in [-0.4, -0.2) is 28.3 Å². The van der Waals surface area contributed by atoms with Crippen LogP contribution in [0.5, 0.6) is 0 Å². The minimum absolute atomic E-state index is 0.299. The summed E-state index contributed by atoms with van der Waals surface area (Å²) < 4.78 is 5.33. The van der Waals surface area contributed by atoms with Crippen LogP contribution in [0, 0.1) is 0 Å². The molecule has 3 aromatic carbocycles. The third kappa shape index (κ3) is 4.51. The third-order valence-corrected chi connectivity index (χ3v) is 7.70. The van der Waals surface area contributed by atoms with Crippen LogP contribution in [0.3, 0.4) is 0 Å². The van der Waals surface area contributed by atoms with Gasteiger partial charge in [0.05, 0.1) is 23.7 Å². The van der Waals surface area contributed by atoms with Gasteiger partial charge in [0.2, 0.25) is 10.0 Å². The van der Waals surface area contributed by atoms with E-state index in [-0.39, 0.29) is 0 Å². The summed E-state index contributed by atoms with van der Waals surface area (Å²) in [5.41, 5.74) is 5.25. The van der Waals surface area contributed by atoms with Crippen molar-refractivity contribution in [2.45, 2.75) is 44.5 Å². The number of ether oxygens (including phenoxy) is 1. The van der Waals surface area contributed by atoms with E-state index in [1.165, 1.54) is 17.3 Å². The van der Waals surface area contributed by atoms with Gasteiger partial charge in [-0.25, -0.2) is 14.8 Å². The van der Waals surface area contributed by atoms with Crippen LogP contribution >= 0.6 is 11.8 Å². The Morgan fingerprint density at radius 3 is 2.06 bits per heavy atom. The first kappa shape index (κ1) is 24.1. The standard InChI is InChI=1S/C29H30N4O2S/c1-4-35-28(34)27-31-33(25-13-9-6-10-14-25)29(36-27)20-19-26(23-17-15-22(16-18-23)21(2)3)30-32(29)24-11-7-5-8-12-24/h5-18,21H,4,19-20H2,1-3H3/t29-/m1/s1. The summed E-state index contributed by atoms with van der Waals surface area (Å²) in [5, 5.41) is 14.3. The fraction of sp³-hybridized carbons (Fsp3) is 0.276. The molecule has 0 N–H and O–H groups in total. The smallest absolute Gasteiger partial charge is 0.365 e. The molecule has 0 bridgehead atoms. The average Bonchev–Trinajstić information content (AvgIpc) is 3.30. The molecule has 1 spiro atoms. The molecule has 0 saturated carbocycles. The molecule has 0 aliphatic carbocycles. The van der Waals surface area contributed by atoms with Crippen LogP contribution in [0.1, 0.15) is 50.7 Å². The number of nitrogens with zero attached hydrogens (tertiary/aromatic N) is 4. The maximum Gasteiger partial charge on any atom is 0.365 e. The number of benzene rings is 3. The number of carbonyl (C=O) groups excluding carboxylic acids is 1. The van der Waals surface area contributed by atoms with Crippen LogP contribution in [0.15, 0.2) is 95.1 Å². The molecular formula is C29H30N4O2S. The fourth-order valence-corrected chi connectivity index (χ4v) is 5.75. The number of rotatable bonds is 6. The van der Waals surface area contributed by atoms with Crippen molar-refractivity contribution in [2.75, 3.05) is 16.6 Å². The van der Waals surface area contributed by atoms with E-state index < -0.39 is 11.0 Å². The Hall–Kier alpha value is -3.58. The molecule has 2 aliphatic rings. The molecule has 1 atom stereocenters. The number of thioether (sulfide) groups is 1. The molecular weight excluding hydrogens is 468 g/mol. The second-order valence-electron chi connectivity index (χ2n) is 9.09. The molecule has 0 fully saturated rings. The first-order valence-corrected chi connectivity index (χ1v) is 13.2. The molecule has 2 heterocycles. The Balaban J connectivity index is 1.61. The van der Waals surface area contributed by atoms with E-state index in [9.17, 15) is 4.79 Å². The minimum Gasteiger partial charge on any atom is -0.461 e. The number of hydrazone groups is 2. The first-order valence-electron chi connectivity index (χ1n) is 12.3. The van der Waals surface area contributed by atoms with Gasteiger partial charge in [-0.3, -0.25) is 0 Å².